The minimum absolute atomic E-state index is 0.0358. The minimum Gasteiger partial charge on any atom is -0.484 e. The second kappa shape index (κ2) is 5.94. The number of thioether (sulfide) groups is 1. The van der Waals surface area contributed by atoms with E-state index in [2.05, 4.69) is 5.32 Å². The van der Waals surface area contributed by atoms with Gasteiger partial charge in [-0.25, -0.2) is 0 Å². The van der Waals surface area contributed by atoms with Crippen molar-refractivity contribution in [2.24, 2.45) is 5.73 Å². The second-order valence-corrected chi connectivity index (χ2v) is 5.23. The van der Waals surface area contributed by atoms with Crippen LogP contribution < -0.4 is 15.8 Å². The van der Waals surface area contributed by atoms with Gasteiger partial charge in [0.1, 0.15) is 11.8 Å². The Kier molecular flexibility index (Phi) is 4.28. The number of carbonyl (C=O) groups is 2. The maximum absolute atomic E-state index is 10.8. The fraction of sp³-hybridized carbons (Fsp3) is 0.333. The minimum atomic E-state index is -0.837. The van der Waals surface area contributed by atoms with Gasteiger partial charge in [-0.2, -0.15) is 0 Å². The van der Waals surface area contributed by atoms with E-state index in [4.69, 9.17) is 15.6 Å². The Bertz CT molecular complexity index is 477. The molecule has 1 aliphatic rings. The molecule has 0 saturated carbocycles. The summed E-state index contributed by atoms with van der Waals surface area (Å²) in [6.45, 7) is -0.156. The highest BCUT2D eigenvalue weighted by Crippen LogP contribution is 2.33. The van der Waals surface area contributed by atoms with Crippen LogP contribution in [0.15, 0.2) is 24.3 Å². The van der Waals surface area contributed by atoms with Crippen molar-refractivity contribution in [1.29, 1.82) is 0 Å². The number of primary amides is 1. The van der Waals surface area contributed by atoms with Crippen molar-refractivity contribution in [1.82, 2.24) is 5.32 Å². The van der Waals surface area contributed by atoms with E-state index in [1.165, 1.54) is 0 Å². The fourth-order valence-electron chi connectivity index (χ4n) is 1.70. The van der Waals surface area contributed by atoms with Gasteiger partial charge in [0.2, 0.25) is 0 Å². The zero-order valence-electron chi connectivity index (χ0n) is 10.0. The van der Waals surface area contributed by atoms with Crippen LogP contribution in [0.4, 0.5) is 0 Å². The summed E-state index contributed by atoms with van der Waals surface area (Å²) in [6, 6.07) is 6.63. The molecule has 1 aromatic carbocycles. The first-order valence-electron chi connectivity index (χ1n) is 5.68. The van der Waals surface area contributed by atoms with Gasteiger partial charge in [-0.1, -0.05) is 12.1 Å². The zero-order chi connectivity index (χ0) is 13.8. The first-order chi connectivity index (χ1) is 9.06. The number of hydrogen-bond donors (Lipinski definition) is 3. The van der Waals surface area contributed by atoms with Gasteiger partial charge < -0.3 is 15.6 Å². The number of hydrogen-bond acceptors (Lipinski definition) is 5. The van der Waals surface area contributed by atoms with Crippen molar-refractivity contribution in [3.05, 3.63) is 29.8 Å². The van der Waals surface area contributed by atoms with E-state index in [1.54, 1.807) is 23.9 Å². The molecule has 0 spiro atoms. The molecule has 0 radical (unpaired) electrons. The Morgan fingerprint density at radius 2 is 2.11 bits per heavy atom. The molecule has 0 bridgehead atoms. The van der Waals surface area contributed by atoms with Crippen LogP contribution in [0.5, 0.6) is 5.75 Å². The summed E-state index contributed by atoms with van der Waals surface area (Å²) in [5.41, 5.74) is 5.95. The van der Waals surface area contributed by atoms with E-state index >= 15 is 0 Å². The summed E-state index contributed by atoms with van der Waals surface area (Å²) in [6.07, 6.45) is 0. The van der Waals surface area contributed by atoms with E-state index in [0.29, 0.717) is 11.5 Å². The molecule has 7 heteroatoms. The van der Waals surface area contributed by atoms with Crippen molar-refractivity contribution in [2.45, 2.75) is 11.4 Å². The maximum Gasteiger partial charge on any atom is 0.321 e. The van der Waals surface area contributed by atoms with E-state index < -0.39 is 17.9 Å². The molecule has 0 aromatic heterocycles. The molecule has 2 atom stereocenters. The quantitative estimate of drug-likeness (QED) is 0.720. The summed E-state index contributed by atoms with van der Waals surface area (Å²) in [4.78, 5) is 21.4. The molecule has 1 amide bonds. The van der Waals surface area contributed by atoms with Crippen molar-refractivity contribution in [2.75, 3.05) is 12.4 Å². The molecule has 2 rings (SSSR count). The van der Waals surface area contributed by atoms with E-state index in [9.17, 15) is 9.59 Å². The zero-order valence-corrected chi connectivity index (χ0v) is 10.9. The predicted octanol–water partition coefficient (Wildman–Crippen LogP) is 0.339. The lowest BCUT2D eigenvalue weighted by Crippen LogP contribution is -2.33. The molecule has 1 saturated heterocycles. The van der Waals surface area contributed by atoms with Crippen LogP contribution in [-0.2, 0) is 9.59 Å². The number of rotatable bonds is 5. The van der Waals surface area contributed by atoms with Gasteiger partial charge in [-0.3, -0.25) is 14.9 Å². The number of nitrogens with one attached hydrogen (secondary N) is 1. The smallest absolute Gasteiger partial charge is 0.321 e. The van der Waals surface area contributed by atoms with Crippen LogP contribution in [0, 0.1) is 0 Å². The van der Waals surface area contributed by atoms with Crippen molar-refractivity contribution >= 4 is 23.6 Å². The molecule has 1 aliphatic heterocycles. The van der Waals surface area contributed by atoms with Crippen molar-refractivity contribution < 1.29 is 19.4 Å². The van der Waals surface area contributed by atoms with Crippen LogP contribution in [0.3, 0.4) is 0 Å². The molecule has 4 N–H and O–H groups in total. The molecule has 0 unspecified atom stereocenters. The van der Waals surface area contributed by atoms with E-state index in [0.717, 1.165) is 5.56 Å². The molecule has 1 fully saturated rings. The molecule has 19 heavy (non-hydrogen) atoms. The highest BCUT2D eigenvalue weighted by Gasteiger charge is 2.30. The highest BCUT2D eigenvalue weighted by molar-refractivity contribution is 7.99. The van der Waals surface area contributed by atoms with Crippen molar-refractivity contribution in [3.8, 4) is 5.75 Å². The Balaban J connectivity index is 1.95. The number of benzene rings is 1. The van der Waals surface area contributed by atoms with Gasteiger partial charge in [0.15, 0.2) is 6.61 Å². The van der Waals surface area contributed by atoms with Gasteiger partial charge in [-0.05, 0) is 17.7 Å². The lowest BCUT2D eigenvalue weighted by molar-refractivity contribution is -0.138. The number of ether oxygens (including phenoxy) is 1. The third-order valence-electron chi connectivity index (χ3n) is 2.64. The first kappa shape index (κ1) is 13.7. The predicted molar refractivity (Wildman–Crippen MR) is 70.9 cm³/mol. The number of carboxylic acid groups (broad SMARTS) is 1. The van der Waals surface area contributed by atoms with E-state index in [1.807, 2.05) is 12.1 Å². The summed E-state index contributed by atoms with van der Waals surface area (Å²) in [5, 5.41) is 11.9. The van der Waals surface area contributed by atoms with Gasteiger partial charge >= 0.3 is 5.97 Å². The Labute approximate surface area is 114 Å². The molecule has 1 heterocycles. The summed E-state index contributed by atoms with van der Waals surface area (Å²) in [7, 11) is 0. The Morgan fingerprint density at radius 1 is 1.42 bits per heavy atom. The summed E-state index contributed by atoms with van der Waals surface area (Å²) >= 11 is 1.55. The van der Waals surface area contributed by atoms with Crippen molar-refractivity contribution in [3.63, 3.8) is 0 Å². The standard InChI is InChI=1S/C12H14N2O4S/c13-10(15)5-18-8-3-1-7(2-4-8)11-14-9(6-19-11)12(16)17/h1-4,9,11,14H,5-6H2,(H2,13,15)(H,16,17)/t9-,11+/m0/s1. The number of carbonyl (C=O) groups excluding carboxylic acids is 1. The lowest BCUT2D eigenvalue weighted by Gasteiger charge is -2.12. The normalized spacial score (nSPS) is 22.1. The largest absolute Gasteiger partial charge is 0.484 e. The van der Waals surface area contributed by atoms with Crippen LogP contribution in [-0.4, -0.2) is 35.4 Å². The molecule has 1 aromatic rings. The van der Waals surface area contributed by atoms with E-state index in [-0.39, 0.29) is 12.0 Å². The van der Waals surface area contributed by atoms with Gasteiger partial charge in [0, 0.05) is 5.75 Å². The Morgan fingerprint density at radius 3 is 2.63 bits per heavy atom. The SMILES string of the molecule is NC(=O)COc1ccc([C@@H]2N[C@H](C(=O)O)CS2)cc1. The molecule has 102 valence electrons. The molecular weight excluding hydrogens is 268 g/mol. The summed E-state index contributed by atoms with van der Waals surface area (Å²) in [5.74, 6) is -0.266. The monoisotopic (exact) mass is 282 g/mol. The number of nitrogens with two attached hydrogens (primary N) is 1. The summed E-state index contributed by atoms with van der Waals surface area (Å²) < 4.78 is 5.15. The molecule has 0 aliphatic carbocycles. The topological polar surface area (TPSA) is 102 Å². The number of carboxylic acids is 1. The van der Waals surface area contributed by atoms with Gasteiger partial charge in [0.05, 0.1) is 5.37 Å². The number of amides is 1. The second-order valence-electron chi connectivity index (χ2n) is 4.09. The third-order valence-corrected chi connectivity index (χ3v) is 3.91. The lowest BCUT2D eigenvalue weighted by atomic mass is 10.2. The average Bonchev–Trinajstić information content (AvgIpc) is 2.86. The third kappa shape index (κ3) is 3.62. The van der Waals surface area contributed by atoms with Crippen LogP contribution in [0.1, 0.15) is 10.9 Å². The first-order valence-corrected chi connectivity index (χ1v) is 6.72. The van der Waals surface area contributed by atoms with Crippen LogP contribution in [0.2, 0.25) is 0 Å². The average molecular weight is 282 g/mol. The highest BCUT2D eigenvalue weighted by atomic mass is 32.2. The van der Waals surface area contributed by atoms with Crippen LogP contribution >= 0.6 is 11.8 Å². The molecular formula is C12H14N2O4S. The fourth-order valence-corrected chi connectivity index (χ4v) is 2.93. The van der Waals surface area contributed by atoms with Gasteiger partial charge in [0.25, 0.3) is 5.91 Å². The molecule has 6 nitrogen and oxygen atoms in total. The van der Waals surface area contributed by atoms with Gasteiger partial charge in [-0.15, -0.1) is 11.8 Å². The van der Waals surface area contributed by atoms with Crippen LogP contribution in [0.25, 0.3) is 0 Å². The number of aliphatic carboxylic acids is 1. The Hall–Kier alpha value is -1.73. The maximum atomic E-state index is 10.8.